The molecule has 48 heavy (non-hydrogen) atoms. The maximum Gasteiger partial charge on any atom is 0.0998 e. The molecule has 0 aliphatic carbocycles. The first-order valence-corrected chi connectivity index (χ1v) is 17.3. The van der Waals surface area contributed by atoms with Crippen molar-refractivity contribution in [3.63, 3.8) is 0 Å². The molecule has 9 aromatic rings. The van der Waals surface area contributed by atoms with Crippen molar-refractivity contribution in [2.24, 2.45) is 0 Å². The Morgan fingerprint density at radius 2 is 0.812 bits per heavy atom. The van der Waals surface area contributed by atoms with Crippen LogP contribution in [0.15, 0.2) is 146 Å². The Hall–Kier alpha value is -6.04. The Kier molecular flexibility index (Phi) is 6.66. The van der Waals surface area contributed by atoms with Crippen LogP contribution in [0.5, 0.6) is 0 Å². The number of hydrogen-bond donors (Lipinski definition) is 0. The molecule has 222 valence electrons. The van der Waals surface area contributed by atoms with Crippen LogP contribution in [0.2, 0.25) is 0 Å². The molecule has 2 aromatic heterocycles. The Bertz CT molecular complexity index is 2690. The minimum Gasteiger partial charge on any atom is -0.192 e. The van der Waals surface area contributed by atoms with Crippen LogP contribution < -0.4 is 0 Å². The largest absolute Gasteiger partial charge is 0.192 e. The smallest absolute Gasteiger partial charge is 0.0998 e. The van der Waals surface area contributed by atoms with Crippen LogP contribution in [0.1, 0.15) is 11.1 Å². The standard InChI is InChI=1S/C44H24N2S2/c45-25-27-17-31(22-35(18-27)36-8-2-1-7-30(36)26-46)34-20-32(28-13-15-43-39(23-28)37-9-3-5-11-41(37)47-43)19-33(21-34)29-14-16-44-40(24-29)38-10-4-6-12-42(38)48-44/h1-24H. The number of fused-ring (bicyclic) bond motifs is 6. The van der Waals surface area contributed by atoms with E-state index in [9.17, 15) is 10.5 Å². The van der Waals surface area contributed by atoms with Gasteiger partial charge in [0.2, 0.25) is 0 Å². The van der Waals surface area contributed by atoms with E-state index < -0.39 is 0 Å². The lowest BCUT2D eigenvalue weighted by Crippen LogP contribution is -1.90. The summed E-state index contributed by atoms with van der Waals surface area (Å²) in [5, 5.41) is 25.0. The molecule has 2 heterocycles. The van der Waals surface area contributed by atoms with Gasteiger partial charge in [0, 0.05) is 40.3 Å². The van der Waals surface area contributed by atoms with E-state index in [0.717, 1.165) is 44.5 Å². The highest BCUT2D eigenvalue weighted by Gasteiger charge is 2.14. The van der Waals surface area contributed by atoms with Crippen LogP contribution in [0, 0.1) is 22.7 Å². The zero-order chi connectivity index (χ0) is 32.2. The molecule has 9 rings (SSSR count). The molecule has 0 saturated heterocycles. The highest BCUT2D eigenvalue weighted by atomic mass is 32.1. The second kappa shape index (κ2) is 11.3. The highest BCUT2D eigenvalue weighted by molar-refractivity contribution is 7.26. The van der Waals surface area contributed by atoms with Crippen molar-refractivity contribution < 1.29 is 0 Å². The van der Waals surface area contributed by atoms with E-state index in [1.807, 2.05) is 59.1 Å². The van der Waals surface area contributed by atoms with Crippen molar-refractivity contribution in [2.45, 2.75) is 0 Å². The van der Waals surface area contributed by atoms with E-state index in [4.69, 9.17) is 0 Å². The van der Waals surface area contributed by atoms with Gasteiger partial charge in [0.1, 0.15) is 0 Å². The van der Waals surface area contributed by atoms with Gasteiger partial charge in [-0.05, 0) is 123 Å². The maximum atomic E-state index is 10.1. The molecular weight excluding hydrogens is 621 g/mol. The molecule has 0 amide bonds. The van der Waals surface area contributed by atoms with Gasteiger partial charge < -0.3 is 0 Å². The van der Waals surface area contributed by atoms with Crippen LogP contribution in [0.25, 0.3) is 84.9 Å². The molecule has 0 atom stereocenters. The van der Waals surface area contributed by atoms with Crippen molar-refractivity contribution in [3.05, 3.63) is 157 Å². The fourth-order valence-corrected chi connectivity index (χ4v) is 8.96. The SMILES string of the molecule is N#Cc1cc(-c2cc(-c3ccc4sc5ccccc5c4c3)cc(-c3ccc4sc5ccccc5c4c3)c2)cc(-c2ccccc2C#N)c1. The molecule has 0 fully saturated rings. The van der Waals surface area contributed by atoms with Gasteiger partial charge >= 0.3 is 0 Å². The van der Waals surface area contributed by atoms with Crippen LogP contribution in [0.3, 0.4) is 0 Å². The van der Waals surface area contributed by atoms with E-state index in [1.165, 1.54) is 40.3 Å². The van der Waals surface area contributed by atoms with Crippen LogP contribution in [0.4, 0.5) is 0 Å². The normalized spacial score (nSPS) is 11.3. The number of nitrogens with zero attached hydrogens (tertiary/aromatic N) is 2. The Morgan fingerprint density at radius 1 is 0.354 bits per heavy atom. The Balaban J connectivity index is 1.28. The first-order valence-electron chi connectivity index (χ1n) is 15.7. The molecule has 0 spiro atoms. The molecule has 0 saturated carbocycles. The van der Waals surface area contributed by atoms with Gasteiger partial charge in [0.05, 0.1) is 23.3 Å². The first-order chi connectivity index (χ1) is 23.6. The predicted molar refractivity (Wildman–Crippen MR) is 203 cm³/mol. The maximum absolute atomic E-state index is 10.1. The quantitative estimate of drug-likeness (QED) is 0.191. The zero-order valence-corrected chi connectivity index (χ0v) is 27.2. The lowest BCUT2D eigenvalue weighted by molar-refractivity contribution is 1.46. The summed E-state index contributed by atoms with van der Waals surface area (Å²) in [5.41, 5.74) is 9.26. The molecule has 0 bridgehead atoms. The second-order valence-corrected chi connectivity index (χ2v) is 14.2. The highest BCUT2D eigenvalue weighted by Crippen LogP contribution is 2.41. The van der Waals surface area contributed by atoms with Gasteiger partial charge in [0.25, 0.3) is 0 Å². The van der Waals surface area contributed by atoms with Gasteiger partial charge in [-0.3, -0.25) is 0 Å². The van der Waals surface area contributed by atoms with Crippen molar-refractivity contribution in [1.82, 2.24) is 0 Å². The van der Waals surface area contributed by atoms with Crippen LogP contribution in [-0.2, 0) is 0 Å². The average Bonchev–Trinajstić information content (AvgIpc) is 3.72. The lowest BCUT2D eigenvalue weighted by atomic mass is 9.90. The number of thiophene rings is 2. The summed E-state index contributed by atoms with van der Waals surface area (Å²) in [6.07, 6.45) is 0. The Labute approximate surface area is 285 Å². The predicted octanol–water partition coefficient (Wildman–Crippen LogP) is 12.8. The fourth-order valence-electron chi connectivity index (χ4n) is 6.79. The third-order valence-electron chi connectivity index (χ3n) is 9.11. The Morgan fingerprint density at radius 3 is 1.40 bits per heavy atom. The first kappa shape index (κ1) is 28.2. The van der Waals surface area contributed by atoms with Gasteiger partial charge in [-0.15, -0.1) is 22.7 Å². The third-order valence-corrected chi connectivity index (χ3v) is 11.4. The second-order valence-electron chi connectivity index (χ2n) is 12.0. The summed E-state index contributed by atoms with van der Waals surface area (Å²) in [5.74, 6) is 0. The van der Waals surface area contributed by atoms with E-state index in [1.54, 1.807) is 0 Å². The van der Waals surface area contributed by atoms with E-state index in [-0.39, 0.29) is 0 Å². The molecular formula is C44H24N2S2. The van der Waals surface area contributed by atoms with E-state index in [2.05, 4.69) is 121 Å². The van der Waals surface area contributed by atoms with Gasteiger partial charge in [-0.1, -0.05) is 66.7 Å². The number of benzene rings is 7. The lowest BCUT2D eigenvalue weighted by Gasteiger charge is -2.14. The van der Waals surface area contributed by atoms with E-state index in [0.29, 0.717) is 11.1 Å². The minimum atomic E-state index is 0.555. The van der Waals surface area contributed by atoms with Gasteiger partial charge in [-0.25, -0.2) is 0 Å². The third kappa shape index (κ3) is 4.75. The van der Waals surface area contributed by atoms with Crippen LogP contribution in [-0.4, -0.2) is 0 Å². The van der Waals surface area contributed by atoms with Crippen molar-refractivity contribution in [3.8, 4) is 56.6 Å². The summed E-state index contributed by atoms with van der Waals surface area (Å²) < 4.78 is 5.12. The summed E-state index contributed by atoms with van der Waals surface area (Å²) in [4.78, 5) is 0. The van der Waals surface area contributed by atoms with Gasteiger partial charge in [0.15, 0.2) is 0 Å². The molecule has 0 unspecified atom stereocenters. The molecule has 0 aliphatic rings. The van der Waals surface area contributed by atoms with Crippen molar-refractivity contribution in [2.75, 3.05) is 0 Å². The molecule has 0 aliphatic heterocycles. The molecule has 4 heteroatoms. The average molecular weight is 645 g/mol. The number of nitriles is 2. The molecule has 7 aromatic carbocycles. The topological polar surface area (TPSA) is 47.6 Å². The van der Waals surface area contributed by atoms with Crippen molar-refractivity contribution in [1.29, 1.82) is 10.5 Å². The van der Waals surface area contributed by atoms with Crippen LogP contribution >= 0.6 is 22.7 Å². The van der Waals surface area contributed by atoms with Crippen molar-refractivity contribution >= 4 is 63.0 Å². The molecule has 2 nitrogen and oxygen atoms in total. The summed E-state index contributed by atoms with van der Waals surface area (Å²) in [7, 11) is 0. The van der Waals surface area contributed by atoms with E-state index >= 15 is 0 Å². The zero-order valence-electron chi connectivity index (χ0n) is 25.6. The number of rotatable bonds is 4. The molecule has 0 N–H and O–H groups in total. The summed E-state index contributed by atoms with van der Waals surface area (Å²) >= 11 is 3.64. The van der Waals surface area contributed by atoms with Gasteiger partial charge in [-0.2, -0.15) is 10.5 Å². The molecule has 0 radical (unpaired) electrons. The minimum absolute atomic E-state index is 0.555. The monoisotopic (exact) mass is 644 g/mol. The summed E-state index contributed by atoms with van der Waals surface area (Å²) in [6.45, 7) is 0. The fraction of sp³-hybridized carbons (Fsp3) is 0. The summed E-state index contributed by atoms with van der Waals surface area (Å²) in [6, 6.07) is 55.6. The number of hydrogen-bond acceptors (Lipinski definition) is 4.